The highest BCUT2D eigenvalue weighted by atomic mass is 16.5. The molecule has 0 aliphatic carbocycles. The molecule has 0 aromatic heterocycles. The standard InChI is InChI=1S/C19H30N2O4/c1-20(2)9-10-21(16-7-11-25-12-8-16)19(22)14-15-5-6-17(23-3)18(13-15)24-4/h5-6,13,16H,7-12,14H2,1-4H3. The SMILES string of the molecule is COc1ccc(CC(=O)N(CCN(C)C)C2CCOCC2)cc1OC. The van der Waals surface area contributed by atoms with Gasteiger partial charge in [-0.1, -0.05) is 6.07 Å². The number of ether oxygens (including phenoxy) is 3. The highest BCUT2D eigenvalue weighted by Gasteiger charge is 2.25. The Bertz CT molecular complexity index is 556. The normalized spacial score (nSPS) is 15.2. The predicted octanol–water partition coefficient (Wildman–Crippen LogP) is 1.82. The molecule has 0 radical (unpaired) electrons. The smallest absolute Gasteiger partial charge is 0.227 e. The van der Waals surface area contributed by atoms with E-state index in [0.717, 1.165) is 44.7 Å². The third-order valence-electron chi connectivity index (χ3n) is 4.54. The van der Waals surface area contributed by atoms with Crippen molar-refractivity contribution in [3.63, 3.8) is 0 Å². The van der Waals surface area contributed by atoms with Gasteiger partial charge in [0, 0.05) is 32.3 Å². The van der Waals surface area contributed by atoms with Crippen molar-refractivity contribution in [1.29, 1.82) is 0 Å². The Morgan fingerprint density at radius 2 is 1.80 bits per heavy atom. The maximum absolute atomic E-state index is 13.0. The zero-order chi connectivity index (χ0) is 18.2. The fourth-order valence-electron chi connectivity index (χ4n) is 3.08. The molecule has 1 aromatic rings. The molecule has 0 unspecified atom stereocenters. The van der Waals surface area contributed by atoms with Crippen LogP contribution in [0.4, 0.5) is 0 Å². The van der Waals surface area contributed by atoms with Gasteiger partial charge in [-0.15, -0.1) is 0 Å². The van der Waals surface area contributed by atoms with Crippen LogP contribution in [0.5, 0.6) is 11.5 Å². The average Bonchev–Trinajstić information content (AvgIpc) is 2.62. The third kappa shape index (κ3) is 5.61. The summed E-state index contributed by atoms with van der Waals surface area (Å²) in [6, 6.07) is 5.92. The highest BCUT2D eigenvalue weighted by molar-refractivity contribution is 5.79. The van der Waals surface area contributed by atoms with E-state index in [2.05, 4.69) is 4.90 Å². The van der Waals surface area contributed by atoms with E-state index >= 15 is 0 Å². The maximum Gasteiger partial charge on any atom is 0.227 e. The van der Waals surface area contributed by atoms with Crippen LogP contribution < -0.4 is 9.47 Å². The number of amides is 1. The number of carbonyl (C=O) groups is 1. The van der Waals surface area contributed by atoms with Crippen LogP contribution in [-0.2, 0) is 16.0 Å². The molecular weight excluding hydrogens is 320 g/mol. The summed E-state index contributed by atoms with van der Waals surface area (Å²) in [5.74, 6) is 1.48. The molecule has 1 saturated heterocycles. The van der Waals surface area contributed by atoms with Gasteiger partial charge in [0.15, 0.2) is 11.5 Å². The van der Waals surface area contributed by atoms with Crippen molar-refractivity contribution in [2.75, 3.05) is 54.6 Å². The van der Waals surface area contributed by atoms with Crippen molar-refractivity contribution in [1.82, 2.24) is 9.80 Å². The summed E-state index contributed by atoms with van der Waals surface area (Å²) < 4.78 is 16.1. The summed E-state index contributed by atoms with van der Waals surface area (Å²) in [6.45, 7) is 3.05. The predicted molar refractivity (Wildman–Crippen MR) is 97.4 cm³/mol. The minimum Gasteiger partial charge on any atom is -0.493 e. The quantitative estimate of drug-likeness (QED) is 0.716. The number of hydrogen-bond donors (Lipinski definition) is 0. The molecule has 2 rings (SSSR count). The summed E-state index contributed by atoms with van der Waals surface area (Å²) in [6.07, 6.45) is 2.18. The van der Waals surface area contributed by atoms with Crippen LogP contribution in [0.25, 0.3) is 0 Å². The van der Waals surface area contributed by atoms with E-state index in [4.69, 9.17) is 14.2 Å². The Morgan fingerprint density at radius 1 is 1.12 bits per heavy atom. The molecule has 6 heteroatoms. The van der Waals surface area contributed by atoms with E-state index in [1.165, 1.54) is 0 Å². The van der Waals surface area contributed by atoms with Crippen LogP contribution in [0.1, 0.15) is 18.4 Å². The number of hydrogen-bond acceptors (Lipinski definition) is 5. The molecule has 1 aliphatic rings. The van der Waals surface area contributed by atoms with Gasteiger partial charge in [-0.2, -0.15) is 0 Å². The Labute approximate surface area is 150 Å². The van der Waals surface area contributed by atoms with Gasteiger partial charge in [-0.05, 0) is 44.6 Å². The van der Waals surface area contributed by atoms with E-state index in [9.17, 15) is 4.79 Å². The van der Waals surface area contributed by atoms with Crippen molar-refractivity contribution in [3.8, 4) is 11.5 Å². The lowest BCUT2D eigenvalue weighted by Gasteiger charge is -2.35. The molecule has 1 amide bonds. The van der Waals surface area contributed by atoms with Crippen molar-refractivity contribution >= 4 is 5.91 Å². The lowest BCUT2D eigenvalue weighted by Crippen LogP contribution is -2.46. The monoisotopic (exact) mass is 350 g/mol. The maximum atomic E-state index is 13.0. The molecule has 0 saturated carbocycles. The number of rotatable bonds is 8. The van der Waals surface area contributed by atoms with Crippen molar-refractivity contribution < 1.29 is 19.0 Å². The molecule has 140 valence electrons. The fraction of sp³-hybridized carbons (Fsp3) is 0.632. The van der Waals surface area contributed by atoms with E-state index in [-0.39, 0.29) is 11.9 Å². The van der Waals surface area contributed by atoms with E-state index in [0.29, 0.717) is 17.9 Å². The number of nitrogens with zero attached hydrogens (tertiary/aromatic N) is 2. The second-order valence-electron chi connectivity index (χ2n) is 6.60. The number of likely N-dealkylation sites (N-methyl/N-ethyl adjacent to an activating group) is 1. The summed E-state index contributed by atoms with van der Waals surface area (Å²) in [5, 5.41) is 0. The first kappa shape index (κ1) is 19.5. The van der Waals surface area contributed by atoms with Crippen LogP contribution in [-0.4, -0.2) is 76.4 Å². The first-order valence-corrected chi connectivity index (χ1v) is 8.78. The highest BCUT2D eigenvalue weighted by Crippen LogP contribution is 2.28. The lowest BCUT2D eigenvalue weighted by atomic mass is 10.0. The zero-order valence-corrected chi connectivity index (χ0v) is 15.8. The summed E-state index contributed by atoms with van der Waals surface area (Å²) in [7, 11) is 7.27. The van der Waals surface area contributed by atoms with Crippen molar-refractivity contribution in [2.45, 2.75) is 25.3 Å². The van der Waals surface area contributed by atoms with Crippen LogP contribution in [0.3, 0.4) is 0 Å². The van der Waals surface area contributed by atoms with Gasteiger partial charge in [0.1, 0.15) is 0 Å². The van der Waals surface area contributed by atoms with E-state index < -0.39 is 0 Å². The van der Waals surface area contributed by atoms with Crippen LogP contribution in [0.15, 0.2) is 18.2 Å². The molecule has 0 spiro atoms. The first-order valence-electron chi connectivity index (χ1n) is 8.78. The Hall–Kier alpha value is -1.79. The van der Waals surface area contributed by atoms with E-state index in [1.54, 1.807) is 14.2 Å². The van der Waals surface area contributed by atoms with Gasteiger partial charge >= 0.3 is 0 Å². The van der Waals surface area contributed by atoms with Gasteiger partial charge < -0.3 is 24.0 Å². The molecule has 25 heavy (non-hydrogen) atoms. The van der Waals surface area contributed by atoms with Crippen LogP contribution in [0, 0.1) is 0 Å². The number of carbonyl (C=O) groups excluding carboxylic acids is 1. The molecule has 1 aromatic carbocycles. The summed E-state index contributed by atoms with van der Waals surface area (Å²) >= 11 is 0. The first-order chi connectivity index (χ1) is 12.0. The minimum atomic E-state index is 0.154. The summed E-state index contributed by atoms with van der Waals surface area (Å²) in [5.41, 5.74) is 0.935. The molecule has 0 atom stereocenters. The minimum absolute atomic E-state index is 0.154. The van der Waals surface area contributed by atoms with Gasteiger partial charge in [0.25, 0.3) is 0 Å². The molecule has 1 aliphatic heterocycles. The topological polar surface area (TPSA) is 51.2 Å². The Morgan fingerprint density at radius 3 is 2.40 bits per heavy atom. The average molecular weight is 350 g/mol. The molecule has 6 nitrogen and oxygen atoms in total. The van der Waals surface area contributed by atoms with Gasteiger partial charge in [-0.3, -0.25) is 4.79 Å². The Balaban J connectivity index is 2.09. The largest absolute Gasteiger partial charge is 0.493 e. The molecular formula is C19H30N2O4. The zero-order valence-electron chi connectivity index (χ0n) is 15.8. The van der Waals surface area contributed by atoms with Crippen molar-refractivity contribution in [3.05, 3.63) is 23.8 Å². The van der Waals surface area contributed by atoms with Crippen molar-refractivity contribution in [2.24, 2.45) is 0 Å². The number of methoxy groups -OCH3 is 2. The second kappa shape index (κ2) is 9.63. The molecule has 0 bridgehead atoms. The van der Waals surface area contributed by atoms with Gasteiger partial charge in [0.05, 0.1) is 20.6 Å². The van der Waals surface area contributed by atoms with Gasteiger partial charge in [-0.25, -0.2) is 0 Å². The number of benzene rings is 1. The van der Waals surface area contributed by atoms with Crippen LogP contribution in [0.2, 0.25) is 0 Å². The third-order valence-corrected chi connectivity index (χ3v) is 4.54. The fourth-order valence-corrected chi connectivity index (χ4v) is 3.08. The Kier molecular flexibility index (Phi) is 7.52. The lowest BCUT2D eigenvalue weighted by molar-refractivity contribution is -0.134. The van der Waals surface area contributed by atoms with Gasteiger partial charge in [0.2, 0.25) is 5.91 Å². The summed E-state index contributed by atoms with van der Waals surface area (Å²) in [4.78, 5) is 17.1. The van der Waals surface area contributed by atoms with E-state index in [1.807, 2.05) is 37.2 Å². The molecule has 0 N–H and O–H groups in total. The second-order valence-corrected chi connectivity index (χ2v) is 6.60. The molecule has 1 fully saturated rings. The van der Waals surface area contributed by atoms with Crippen LogP contribution >= 0.6 is 0 Å². The molecule has 1 heterocycles.